The van der Waals surface area contributed by atoms with Gasteiger partial charge in [0, 0.05) is 22.0 Å². The summed E-state index contributed by atoms with van der Waals surface area (Å²) in [7, 11) is 0. The Morgan fingerprint density at radius 3 is 2.09 bits per heavy atom. The highest BCUT2D eigenvalue weighted by Gasteiger charge is 2.71. The van der Waals surface area contributed by atoms with Crippen molar-refractivity contribution in [3.05, 3.63) is 172 Å². The van der Waals surface area contributed by atoms with Crippen LogP contribution in [0.5, 0.6) is 0 Å². The van der Waals surface area contributed by atoms with Gasteiger partial charge in [0.15, 0.2) is 11.9 Å². The number of esters is 1. The van der Waals surface area contributed by atoms with Crippen LogP contribution in [0.1, 0.15) is 38.7 Å². The van der Waals surface area contributed by atoms with Gasteiger partial charge in [0.05, 0.1) is 12.0 Å². The van der Waals surface area contributed by atoms with E-state index < -0.39 is 35.5 Å². The first-order valence-corrected chi connectivity index (χ1v) is 15.9. The zero-order chi connectivity index (χ0) is 32.1. The van der Waals surface area contributed by atoms with Crippen LogP contribution in [0, 0.1) is 5.92 Å². The van der Waals surface area contributed by atoms with E-state index in [4.69, 9.17) is 16.3 Å². The Morgan fingerprint density at radius 1 is 0.766 bits per heavy atom. The number of Topliss-reactive ketones (excluding diaryl/α,β-unsaturated/α-hetero) is 1. The number of carbonyl (C=O) groups is 3. The van der Waals surface area contributed by atoms with E-state index in [0.717, 1.165) is 22.4 Å². The van der Waals surface area contributed by atoms with E-state index in [9.17, 15) is 9.59 Å². The zero-order valence-electron chi connectivity index (χ0n) is 25.1. The second kappa shape index (κ2) is 11.4. The average molecular weight is 637 g/mol. The number of rotatable bonds is 6. The number of halogens is 1. The van der Waals surface area contributed by atoms with Crippen molar-refractivity contribution in [1.29, 1.82) is 0 Å². The van der Waals surface area contributed by atoms with Crippen molar-refractivity contribution in [2.24, 2.45) is 5.92 Å². The van der Waals surface area contributed by atoms with Crippen LogP contribution in [0.25, 0.3) is 6.08 Å². The number of ether oxygens (including phenoxy) is 1. The predicted octanol–water partition coefficient (Wildman–Crippen LogP) is 7.65. The van der Waals surface area contributed by atoms with Crippen LogP contribution in [0.15, 0.2) is 140 Å². The van der Waals surface area contributed by atoms with Crippen molar-refractivity contribution >= 4 is 46.7 Å². The van der Waals surface area contributed by atoms with Crippen molar-refractivity contribution in [2.75, 3.05) is 10.2 Å². The molecule has 47 heavy (non-hydrogen) atoms. The van der Waals surface area contributed by atoms with E-state index in [1.807, 2.05) is 126 Å². The molecule has 7 heteroatoms. The molecular formula is C40H29ClN2O4. The molecule has 1 N–H and O–H groups in total. The Bertz CT molecular complexity index is 2010. The minimum atomic E-state index is -1.43. The number of benzene rings is 5. The SMILES string of the molecule is O=C(OC(c1ccccc1)c1ccccc1)[C@@H]1[C@H](C(=O)c2ccc(Cl)cc2)[C@@]2(C(=O)Nc3ccccc32)[C@@H]2C=Cc3ccccc3N12. The third kappa shape index (κ3) is 4.51. The first-order valence-electron chi connectivity index (χ1n) is 15.5. The third-order valence-electron chi connectivity index (χ3n) is 9.63. The van der Waals surface area contributed by atoms with Crippen LogP contribution in [0.3, 0.4) is 0 Å². The van der Waals surface area contributed by atoms with Crippen LogP contribution >= 0.6 is 11.6 Å². The molecule has 0 radical (unpaired) electrons. The molecule has 6 nitrogen and oxygen atoms in total. The van der Waals surface area contributed by atoms with Gasteiger partial charge in [0.1, 0.15) is 11.5 Å². The molecule has 3 aliphatic rings. The lowest BCUT2D eigenvalue weighted by atomic mass is 9.64. The molecule has 230 valence electrons. The quantitative estimate of drug-likeness (QED) is 0.153. The molecule has 5 aromatic rings. The van der Waals surface area contributed by atoms with Crippen molar-refractivity contribution in [3.8, 4) is 0 Å². The topological polar surface area (TPSA) is 75.7 Å². The number of para-hydroxylation sites is 2. The standard InChI is InChI=1S/C40H29ClN2O4/c41-29-22-19-26(20-23-29)36(44)34-35(38(45)47-37(27-12-3-1-4-13-27)28-14-5-2-6-15-28)43-32-18-10-7-11-25(32)21-24-33(43)40(34)30-16-8-9-17-31(30)42-39(40)46/h1-24,33-35,37H,(H,42,46)/t33-,34+,35-,40-/m0/s1. The summed E-state index contributed by atoms with van der Waals surface area (Å²) in [4.78, 5) is 46.5. The van der Waals surface area contributed by atoms with E-state index in [2.05, 4.69) is 5.32 Å². The molecule has 1 saturated heterocycles. The first kappa shape index (κ1) is 29.0. The fourth-order valence-corrected chi connectivity index (χ4v) is 7.78. The van der Waals surface area contributed by atoms with Crippen molar-refractivity contribution in [2.45, 2.75) is 23.6 Å². The van der Waals surface area contributed by atoms with Crippen molar-refractivity contribution < 1.29 is 19.1 Å². The number of hydrogen-bond donors (Lipinski definition) is 1. The molecule has 4 atom stereocenters. The number of amides is 1. The number of nitrogens with zero attached hydrogens (tertiary/aromatic N) is 1. The van der Waals surface area contributed by atoms with Crippen LogP contribution in [-0.2, 0) is 19.7 Å². The lowest BCUT2D eigenvalue weighted by Gasteiger charge is -2.37. The molecule has 3 aliphatic heterocycles. The lowest BCUT2D eigenvalue weighted by Crippen LogP contribution is -2.51. The van der Waals surface area contributed by atoms with Gasteiger partial charge in [-0.1, -0.05) is 121 Å². The maximum absolute atomic E-state index is 15.0. The zero-order valence-corrected chi connectivity index (χ0v) is 25.9. The Balaban J connectivity index is 1.35. The number of nitrogens with one attached hydrogen (secondary N) is 1. The number of fused-ring (bicyclic) bond motifs is 6. The van der Waals surface area contributed by atoms with Crippen LogP contribution < -0.4 is 10.2 Å². The molecule has 8 rings (SSSR count). The molecule has 1 spiro atoms. The third-order valence-corrected chi connectivity index (χ3v) is 9.89. The van der Waals surface area contributed by atoms with E-state index >= 15 is 4.79 Å². The monoisotopic (exact) mass is 636 g/mol. The maximum Gasteiger partial charge on any atom is 0.330 e. The smallest absolute Gasteiger partial charge is 0.330 e. The maximum atomic E-state index is 15.0. The minimum absolute atomic E-state index is 0.331. The number of carbonyl (C=O) groups excluding carboxylic acids is 3. The molecule has 1 amide bonds. The highest BCUT2D eigenvalue weighted by atomic mass is 35.5. The summed E-state index contributed by atoms with van der Waals surface area (Å²) in [5.41, 5.74) is 3.43. The van der Waals surface area contributed by atoms with Gasteiger partial charge in [0.25, 0.3) is 0 Å². The largest absolute Gasteiger partial charge is 0.451 e. The fraction of sp³-hybridized carbons (Fsp3) is 0.125. The van der Waals surface area contributed by atoms with Gasteiger partial charge in [-0.3, -0.25) is 9.59 Å². The Labute approximate surface area is 277 Å². The number of ketones is 1. The van der Waals surface area contributed by atoms with Gasteiger partial charge in [-0.2, -0.15) is 0 Å². The van der Waals surface area contributed by atoms with E-state index in [-0.39, 0.29) is 11.7 Å². The highest BCUT2D eigenvalue weighted by molar-refractivity contribution is 6.30. The summed E-state index contributed by atoms with van der Waals surface area (Å²) >= 11 is 6.23. The molecular weight excluding hydrogens is 608 g/mol. The van der Waals surface area contributed by atoms with Crippen molar-refractivity contribution in [3.63, 3.8) is 0 Å². The Morgan fingerprint density at radius 2 is 1.38 bits per heavy atom. The summed E-state index contributed by atoms with van der Waals surface area (Å²) in [6.45, 7) is 0. The van der Waals surface area contributed by atoms with E-state index in [0.29, 0.717) is 21.8 Å². The number of anilines is 2. The summed E-state index contributed by atoms with van der Waals surface area (Å²) in [5.74, 6) is -2.42. The van der Waals surface area contributed by atoms with Gasteiger partial charge >= 0.3 is 5.97 Å². The minimum Gasteiger partial charge on any atom is -0.451 e. The fourth-order valence-electron chi connectivity index (χ4n) is 7.66. The van der Waals surface area contributed by atoms with Gasteiger partial charge in [-0.15, -0.1) is 0 Å². The molecule has 0 saturated carbocycles. The summed E-state index contributed by atoms with van der Waals surface area (Å²) in [5, 5.41) is 3.54. The average Bonchev–Trinajstić information content (AvgIpc) is 3.60. The molecule has 5 aromatic carbocycles. The van der Waals surface area contributed by atoms with Gasteiger partial charge in [-0.05, 0) is 58.7 Å². The predicted molar refractivity (Wildman–Crippen MR) is 182 cm³/mol. The first-order chi connectivity index (χ1) is 23.0. The summed E-state index contributed by atoms with van der Waals surface area (Å²) in [6.07, 6.45) is 3.18. The molecule has 0 bridgehead atoms. The van der Waals surface area contributed by atoms with E-state index in [1.54, 1.807) is 24.3 Å². The number of hydrogen-bond acceptors (Lipinski definition) is 5. The van der Waals surface area contributed by atoms with Gasteiger partial charge in [-0.25, -0.2) is 4.79 Å². The highest BCUT2D eigenvalue weighted by Crippen LogP contribution is 2.58. The lowest BCUT2D eigenvalue weighted by molar-refractivity contribution is -0.150. The van der Waals surface area contributed by atoms with Crippen LogP contribution in [-0.4, -0.2) is 29.7 Å². The Kier molecular flexibility index (Phi) is 7.03. The summed E-state index contributed by atoms with van der Waals surface area (Å²) < 4.78 is 6.52. The van der Waals surface area contributed by atoms with Crippen LogP contribution in [0.4, 0.5) is 11.4 Å². The van der Waals surface area contributed by atoms with Gasteiger partial charge < -0.3 is 15.0 Å². The molecule has 0 unspecified atom stereocenters. The molecule has 3 heterocycles. The second-order valence-corrected chi connectivity index (χ2v) is 12.5. The Hall–Kier alpha value is -5.46. The second-order valence-electron chi connectivity index (χ2n) is 12.1. The van der Waals surface area contributed by atoms with Crippen molar-refractivity contribution in [1.82, 2.24) is 0 Å². The van der Waals surface area contributed by atoms with E-state index in [1.165, 1.54) is 0 Å². The van der Waals surface area contributed by atoms with Crippen LogP contribution in [0.2, 0.25) is 5.02 Å². The molecule has 1 fully saturated rings. The van der Waals surface area contributed by atoms with Gasteiger partial charge in [0.2, 0.25) is 5.91 Å². The summed E-state index contributed by atoms with van der Waals surface area (Å²) in [6, 6.07) is 39.0. The molecule has 0 aromatic heterocycles. The molecule has 0 aliphatic carbocycles. The normalized spacial score (nSPS) is 22.0.